The molecule has 1 saturated heterocycles. The average Bonchev–Trinajstić information content (AvgIpc) is 2.73. The third-order valence-corrected chi connectivity index (χ3v) is 4.54. The molecule has 2 heterocycles. The number of ether oxygens (including phenoxy) is 2. The van der Waals surface area contributed by atoms with E-state index < -0.39 is 5.97 Å². The maximum Gasteiger partial charge on any atom is 0.358 e. The molecule has 0 unspecified atom stereocenters. The van der Waals surface area contributed by atoms with E-state index in [0.717, 1.165) is 0 Å². The van der Waals surface area contributed by atoms with Crippen LogP contribution in [0, 0.1) is 0 Å². The lowest BCUT2D eigenvalue weighted by Crippen LogP contribution is -2.43. The summed E-state index contributed by atoms with van der Waals surface area (Å²) >= 11 is 0. The number of urea groups is 1. The van der Waals surface area contributed by atoms with Gasteiger partial charge in [0.25, 0.3) is 0 Å². The highest BCUT2D eigenvalue weighted by atomic mass is 16.5. The Balaban J connectivity index is 1.93. The zero-order valence-corrected chi connectivity index (χ0v) is 18.8. The van der Waals surface area contributed by atoms with Crippen molar-refractivity contribution in [3.8, 4) is 17.1 Å². The van der Waals surface area contributed by atoms with Crippen molar-refractivity contribution >= 4 is 23.5 Å². The SMILES string of the molecule is CCOc1c(C(=O)O)nc(-c2ccc(NC(=O)NC(C)(C)C)cc2)nc1N1CCOCC1. The number of carboxylic acid groups (broad SMARTS) is 1. The van der Waals surface area contributed by atoms with Crippen molar-refractivity contribution in [3.05, 3.63) is 30.0 Å². The zero-order chi connectivity index (χ0) is 23.3. The van der Waals surface area contributed by atoms with E-state index in [1.807, 2.05) is 25.7 Å². The number of carbonyl (C=O) groups is 2. The predicted molar refractivity (Wildman–Crippen MR) is 121 cm³/mol. The number of hydrogen-bond acceptors (Lipinski definition) is 7. The van der Waals surface area contributed by atoms with Crippen molar-refractivity contribution in [1.29, 1.82) is 0 Å². The van der Waals surface area contributed by atoms with E-state index in [2.05, 4.69) is 20.6 Å². The highest BCUT2D eigenvalue weighted by molar-refractivity contribution is 5.92. The third-order valence-electron chi connectivity index (χ3n) is 4.54. The van der Waals surface area contributed by atoms with Crippen LogP contribution < -0.4 is 20.3 Å². The number of morpholine rings is 1. The molecule has 2 aromatic rings. The van der Waals surface area contributed by atoms with Crippen LogP contribution in [0.15, 0.2) is 24.3 Å². The Morgan fingerprint density at radius 2 is 1.81 bits per heavy atom. The highest BCUT2D eigenvalue weighted by Gasteiger charge is 2.26. The molecule has 32 heavy (non-hydrogen) atoms. The minimum atomic E-state index is -1.19. The quantitative estimate of drug-likeness (QED) is 0.622. The molecule has 1 aromatic carbocycles. The Morgan fingerprint density at radius 3 is 2.38 bits per heavy atom. The lowest BCUT2D eigenvalue weighted by molar-refractivity contribution is 0.0685. The maximum absolute atomic E-state index is 12.1. The summed E-state index contributed by atoms with van der Waals surface area (Å²) in [6, 6.07) is 6.58. The second-order valence-corrected chi connectivity index (χ2v) is 8.29. The van der Waals surface area contributed by atoms with Crippen molar-refractivity contribution in [2.45, 2.75) is 33.2 Å². The zero-order valence-electron chi connectivity index (χ0n) is 18.8. The fourth-order valence-corrected chi connectivity index (χ4v) is 3.18. The fraction of sp³-hybridized carbons (Fsp3) is 0.455. The molecule has 3 rings (SSSR count). The number of rotatable bonds is 6. The summed E-state index contributed by atoms with van der Waals surface area (Å²) < 4.78 is 11.0. The molecule has 1 fully saturated rings. The van der Waals surface area contributed by atoms with Crippen LogP contribution in [0.5, 0.6) is 5.75 Å². The molecule has 0 spiro atoms. The molecule has 1 aromatic heterocycles. The van der Waals surface area contributed by atoms with E-state index in [9.17, 15) is 14.7 Å². The number of nitrogens with zero attached hydrogens (tertiary/aromatic N) is 3. The molecule has 10 nitrogen and oxygen atoms in total. The van der Waals surface area contributed by atoms with Crippen molar-refractivity contribution in [3.63, 3.8) is 0 Å². The van der Waals surface area contributed by atoms with Crippen molar-refractivity contribution in [2.75, 3.05) is 43.1 Å². The van der Waals surface area contributed by atoms with Crippen molar-refractivity contribution < 1.29 is 24.2 Å². The van der Waals surface area contributed by atoms with Crippen LogP contribution in [-0.2, 0) is 4.74 Å². The van der Waals surface area contributed by atoms with E-state index in [0.29, 0.717) is 43.4 Å². The number of aromatic carboxylic acids is 1. The molecule has 0 saturated carbocycles. The largest absolute Gasteiger partial charge is 0.488 e. The minimum absolute atomic E-state index is 0.155. The molecule has 0 bridgehead atoms. The van der Waals surface area contributed by atoms with Crippen LogP contribution in [0.4, 0.5) is 16.3 Å². The first kappa shape index (κ1) is 23.3. The van der Waals surface area contributed by atoms with Gasteiger partial charge >= 0.3 is 12.0 Å². The number of benzene rings is 1. The standard InChI is InChI=1S/C22H29N5O5/c1-5-32-17-16(20(28)29)24-18(25-19(17)27-10-12-31-13-11-27)14-6-8-15(9-7-14)23-21(30)26-22(2,3)4/h6-9H,5,10-13H2,1-4H3,(H,28,29)(H2,23,26,30). The van der Waals surface area contributed by atoms with Gasteiger partial charge in [0, 0.05) is 29.9 Å². The summed E-state index contributed by atoms with van der Waals surface area (Å²) in [7, 11) is 0. The molecule has 3 N–H and O–H groups in total. The van der Waals surface area contributed by atoms with Gasteiger partial charge in [0.1, 0.15) is 0 Å². The molecule has 2 amide bonds. The van der Waals surface area contributed by atoms with Gasteiger partial charge in [-0.25, -0.2) is 19.6 Å². The highest BCUT2D eigenvalue weighted by Crippen LogP contribution is 2.33. The molecule has 172 valence electrons. The van der Waals surface area contributed by atoms with Crippen LogP contribution in [0.3, 0.4) is 0 Å². The number of hydrogen-bond donors (Lipinski definition) is 3. The molecule has 1 aliphatic rings. The normalized spacial score (nSPS) is 14.1. The van der Waals surface area contributed by atoms with E-state index in [-0.39, 0.29) is 35.4 Å². The van der Waals surface area contributed by atoms with Crippen LogP contribution in [0.25, 0.3) is 11.4 Å². The summed E-state index contributed by atoms with van der Waals surface area (Å²) in [6.07, 6.45) is 0. The maximum atomic E-state index is 12.1. The number of amides is 2. The van der Waals surface area contributed by atoms with Gasteiger partial charge in [-0.15, -0.1) is 0 Å². The second-order valence-electron chi connectivity index (χ2n) is 8.29. The Kier molecular flexibility index (Phi) is 7.14. The second kappa shape index (κ2) is 9.82. The molecular formula is C22H29N5O5. The van der Waals surface area contributed by atoms with Crippen LogP contribution in [-0.4, -0.2) is 65.5 Å². The van der Waals surface area contributed by atoms with Gasteiger partial charge < -0.3 is 30.1 Å². The van der Waals surface area contributed by atoms with Crippen molar-refractivity contribution in [1.82, 2.24) is 15.3 Å². The van der Waals surface area contributed by atoms with E-state index in [1.165, 1.54) is 0 Å². The van der Waals surface area contributed by atoms with E-state index in [4.69, 9.17) is 9.47 Å². The Bertz CT molecular complexity index is 966. The number of nitrogens with one attached hydrogen (secondary N) is 2. The number of carboxylic acids is 1. The average molecular weight is 444 g/mol. The first-order chi connectivity index (χ1) is 15.2. The summed E-state index contributed by atoms with van der Waals surface area (Å²) in [5.74, 6) is -0.339. The molecule has 10 heteroatoms. The Hall–Kier alpha value is -3.40. The monoisotopic (exact) mass is 443 g/mol. The minimum Gasteiger partial charge on any atom is -0.488 e. The Morgan fingerprint density at radius 1 is 1.16 bits per heavy atom. The molecule has 0 atom stereocenters. The van der Waals surface area contributed by atoms with Gasteiger partial charge in [-0.05, 0) is 52.0 Å². The van der Waals surface area contributed by atoms with Gasteiger partial charge in [-0.2, -0.15) is 0 Å². The first-order valence-electron chi connectivity index (χ1n) is 10.5. The molecule has 0 radical (unpaired) electrons. The smallest absolute Gasteiger partial charge is 0.358 e. The van der Waals surface area contributed by atoms with Gasteiger partial charge in [-0.1, -0.05) is 0 Å². The van der Waals surface area contributed by atoms with E-state index >= 15 is 0 Å². The third kappa shape index (κ3) is 5.85. The first-order valence-corrected chi connectivity index (χ1v) is 10.5. The Labute approximate surface area is 187 Å². The van der Waals surface area contributed by atoms with E-state index in [1.54, 1.807) is 31.2 Å². The molecule has 1 aliphatic heterocycles. The summed E-state index contributed by atoms with van der Waals surface area (Å²) in [6.45, 7) is 9.93. The van der Waals surface area contributed by atoms with Crippen LogP contribution in [0.2, 0.25) is 0 Å². The lowest BCUT2D eigenvalue weighted by atomic mass is 10.1. The fourth-order valence-electron chi connectivity index (χ4n) is 3.18. The van der Waals surface area contributed by atoms with Gasteiger partial charge in [-0.3, -0.25) is 0 Å². The predicted octanol–water partition coefficient (Wildman–Crippen LogP) is 3.00. The lowest BCUT2D eigenvalue weighted by Gasteiger charge is -2.29. The van der Waals surface area contributed by atoms with Crippen molar-refractivity contribution in [2.24, 2.45) is 0 Å². The topological polar surface area (TPSA) is 126 Å². The van der Waals surface area contributed by atoms with Gasteiger partial charge in [0.05, 0.1) is 19.8 Å². The van der Waals surface area contributed by atoms with Gasteiger partial charge in [0.15, 0.2) is 23.1 Å². The van der Waals surface area contributed by atoms with Crippen LogP contribution >= 0.6 is 0 Å². The number of aromatic nitrogens is 2. The summed E-state index contributed by atoms with van der Waals surface area (Å²) in [5, 5.41) is 15.3. The summed E-state index contributed by atoms with van der Waals surface area (Å²) in [4.78, 5) is 34.9. The van der Waals surface area contributed by atoms with Gasteiger partial charge in [0.2, 0.25) is 0 Å². The number of anilines is 2. The summed E-state index contributed by atoms with van der Waals surface area (Å²) in [5.41, 5.74) is 0.661. The number of carbonyl (C=O) groups excluding carboxylic acids is 1. The van der Waals surface area contributed by atoms with Crippen LogP contribution in [0.1, 0.15) is 38.2 Å². The molecule has 0 aliphatic carbocycles. The molecular weight excluding hydrogens is 414 g/mol.